The number of nitrogens with zero attached hydrogens (tertiary/aromatic N) is 1. The molecule has 0 heterocycles. The summed E-state index contributed by atoms with van der Waals surface area (Å²) < 4.78 is 13.4. The van der Waals surface area contributed by atoms with Crippen LogP contribution >= 0.6 is 0 Å². The molecule has 0 aliphatic heterocycles. The van der Waals surface area contributed by atoms with E-state index in [1.54, 1.807) is 6.07 Å². The maximum absolute atomic E-state index is 13.4. The first-order chi connectivity index (χ1) is 9.70. The topological polar surface area (TPSA) is 40.9 Å². The minimum atomic E-state index is -0.523. The number of halogens is 1. The fraction of sp³-hybridized carbons (Fsp3) is 0.412. The van der Waals surface area contributed by atoms with Gasteiger partial charge >= 0.3 is 0 Å². The molecule has 20 heavy (non-hydrogen) atoms. The molecule has 0 N–H and O–H groups in total. The van der Waals surface area contributed by atoms with E-state index >= 15 is 0 Å². The lowest BCUT2D eigenvalue weighted by Crippen LogP contribution is -2.02. The van der Waals surface area contributed by atoms with Gasteiger partial charge < -0.3 is 0 Å². The Bertz CT molecular complexity index is 633. The zero-order valence-electron chi connectivity index (χ0n) is 11.3. The van der Waals surface area contributed by atoms with Crippen LogP contribution in [0.25, 0.3) is 5.57 Å². The van der Waals surface area contributed by atoms with Crippen molar-refractivity contribution in [3.8, 4) is 6.07 Å². The van der Waals surface area contributed by atoms with Crippen molar-refractivity contribution >= 4 is 11.4 Å². The van der Waals surface area contributed by atoms with Crippen LogP contribution < -0.4 is 0 Å². The normalized spacial score (nSPS) is 19.7. The number of hydrogen-bond acceptors (Lipinski definition) is 2. The van der Waals surface area contributed by atoms with Gasteiger partial charge in [0.1, 0.15) is 11.9 Å². The van der Waals surface area contributed by atoms with Crippen LogP contribution in [0.1, 0.15) is 49.7 Å². The molecule has 1 aromatic carbocycles. The summed E-state index contributed by atoms with van der Waals surface area (Å²) in [5.41, 5.74) is 2.73. The number of rotatable bonds is 2. The summed E-state index contributed by atoms with van der Waals surface area (Å²) in [6, 6.07) is 6.29. The van der Waals surface area contributed by atoms with Crippen molar-refractivity contribution in [1.82, 2.24) is 0 Å². The third-order valence-electron chi connectivity index (χ3n) is 4.44. The van der Waals surface area contributed by atoms with E-state index in [0.717, 1.165) is 24.8 Å². The lowest BCUT2D eigenvalue weighted by atomic mass is 9.90. The minimum Gasteiger partial charge on any atom is -0.294 e. The van der Waals surface area contributed by atoms with Crippen molar-refractivity contribution in [1.29, 1.82) is 5.26 Å². The Morgan fingerprint density at radius 1 is 1.20 bits per heavy atom. The fourth-order valence-corrected chi connectivity index (χ4v) is 3.47. The van der Waals surface area contributed by atoms with E-state index in [1.165, 1.54) is 30.5 Å². The van der Waals surface area contributed by atoms with Crippen LogP contribution in [0.4, 0.5) is 4.39 Å². The smallest absolute Gasteiger partial charge is 0.163 e. The molecule has 2 aliphatic carbocycles. The molecule has 0 bridgehead atoms. The van der Waals surface area contributed by atoms with Crippen LogP contribution in [-0.4, -0.2) is 5.78 Å². The summed E-state index contributed by atoms with van der Waals surface area (Å²) in [7, 11) is 0. The molecular formula is C17H16FNO. The Hall–Kier alpha value is -1.95. The molecule has 0 spiro atoms. The van der Waals surface area contributed by atoms with E-state index in [1.807, 2.05) is 6.07 Å². The summed E-state index contributed by atoms with van der Waals surface area (Å²) in [6.45, 7) is 0. The lowest BCUT2D eigenvalue weighted by molar-refractivity contribution is -0.113. The van der Waals surface area contributed by atoms with Crippen LogP contribution in [0.2, 0.25) is 0 Å². The van der Waals surface area contributed by atoms with E-state index < -0.39 is 5.82 Å². The van der Waals surface area contributed by atoms with Crippen molar-refractivity contribution < 1.29 is 9.18 Å². The van der Waals surface area contributed by atoms with Crippen molar-refractivity contribution in [2.75, 3.05) is 0 Å². The third-order valence-corrected chi connectivity index (χ3v) is 4.44. The van der Waals surface area contributed by atoms with Gasteiger partial charge in [-0.2, -0.15) is 5.26 Å². The standard InChI is InChI=1S/C17H16FNO/c18-15-7-5-12(9-13(15)10-19)17-14(6-8-16(17)20)11-3-1-2-4-11/h5,7,9,11H,1-4,6,8H2. The van der Waals surface area contributed by atoms with Crippen LogP contribution in [0.3, 0.4) is 0 Å². The van der Waals surface area contributed by atoms with Crippen LogP contribution in [0.15, 0.2) is 23.8 Å². The summed E-state index contributed by atoms with van der Waals surface area (Å²) in [5, 5.41) is 8.94. The van der Waals surface area contributed by atoms with E-state index in [2.05, 4.69) is 0 Å². The third kappa shape index (κ3) is 2.16. The van der Waals surface area contributed by atoms with Crippen molar-refractivity contribution in [2.45, 2.75) is 38.5 Å². The monoisotopic (exact) mass is 269 g/mol. The summed E-state index contributed by atoms with van der Waals surface area (Å²) in [4.78, 5) is 12.2. The second-order valence-corrected chi connectivity index (χ2v) is 5.61. The molecule has 0 unspecified atom stereocenters. The van der Waals surface area contributed by atoms with Gasteiger partial charge in [-0.15, -0.1) is 0 Å². The maximum Gasteiger partial charge on any atom is 0.163 e. The second kappa shape index (κ2) is 5.20. The Labute approximate surface area is 117 Å². The number of Topliss-reactive ketones (excluding diaryl/α,β-unsaturated/α-hetero) is 1. The average molecular weight is 269 g/mol. The summed E-state index contributed by atoms with van der Waals surface area (Å²) in [5.74, 6) is 0.124. The van der Waals surface area contributed by atoms with Crippen molar-refractivity contribution in [3.05, 3.63) is 40.7 Å². The zero-order valence-corrected chi connectivity index (χ0v) is 11.3. The Kier molecular flexibility index (Phi) is 3.40. The van der Waals surface area contributed by atoms with Crippen LogP contribution in [0.5, 0.6) is 0 Å². The molecule has 1 aromatic rings. The first kappa shape index (κ1) is 13.1. The van der Waals surface area contributed by atoms with Crippen LogP contribution in [-0.2, 0) is 4.79 Å². The maximum atomic E-state index is 13.4. The number of carbonyl (C=O) groups is 1. The van der Waals surface area contributed by atoms with Gasteiger partial charge in [-0.25, -0.2) is 4.39 Å². The molecule has 2 nitrogen and oxygen atoms in total. The average Bonchev–Trinajstić information content (AvgIpc) is 3.08. The van der Waals surface area contributed by atoms with E-state index in [4.69, 9.17) is 5.26 Å². The Balaban J connectivity index is 2.07. The highest BCUT2D eigenvalue weighted by Gasteiger charge is 2.30. The van der Waals surface area contributed by atoms with Gasteiger partial charge in [0.05, 0.1) is 5.56 Å². The van der Waals surface area contributed by atoms with Gasteiger partial charge in [0.2, 0.25) is 0 Å². The van der Waals surface area contributed by atoms with E-state index in [9.17, 15) is 9.18 Å². The van der Waals surface area contributed by atoms with E-state index in [-0.39, 0.29) is 11.3 Å². The lowest BCUT2D eigenvalue weighted by Gasteiger charge is -2.13. The number of benzene rings is 1. The Morgan fingerprint density at radius 3 is 2.65 bits per heavy atom. The predicted molar refractivity (Wildman–Crippen MR) is 74.2 cm³/mol. The molecular weight excluding hydrogens is 253 g/mol. The highest BCUT2D eigenvalue weighted by atomic mass is 19.1. The number of nitriles is 1. The van der Waals surface area contributed by atoms with Gasteiger partial charge in [-0.3, -0.25) is 4.79 Å². The molecule has 3 heteroatoms. The SMILES string of the molecule is N#Cc1cc(C2=C(C3CCCC3)CCC2=O)ccc1F. The van der Waals surface area contributed by atoms with Crippen molar-refractivity contribution in [2.24, 2.45) is 5.92 Å². The largest absolute Gasteiger partial charge is 0.294 e. The second-order valence-electron chi connectivity index (χ2n) is 5.61. The number of ketones is 1. The molecule has 102 valence electrons. The van der Waals surface area contributed by atoms with Gasteiger partial charge in [0, 0.05) is 12.0 Å². The number of carbonyl (C=O) groups excluding carboxylic acids is 1. The quantitative estimate of drug-likeness (QED) is 0.814. The van der Waals surface area contributed by atoms with Gasteiger partial charge in [0.15, 0.2) is 5.78 Å². The molecule has 3 rings (SSSR count). The highest BCUT2D eigenvalue weighted by molar-refractivity contribution is 6.23. The molecule has 1 saturated carbocycles. The molecule has 0 aromatic heterocycles. The molecule has 0 radical (unpaired) electrons. The zero-order chi connectivity index (χ0) is 14.1. The fourth-order valence-electron chi connectivity index (χ4n) is 3.47. The molecule has 0 amide bonds. The molecule has 0 saturated heterocycles. The van der Waals surface area contributed by atoms with Gasteiger partial charge in [0.25, 0.3) is 0 Å². The number of hydrogen-bond donors (Lipinski definition) is 0. The van der Waals surface area contributed by atoms with Gasteiger partial charge in [-0.05, 0) is 42.9 Å². The Morgan fingerprint density at radius 2 is 1.95 bits per heavy atom. The first-order valence-electron chi connectivity index (χ1n) is 7.17. The first-order valence-corrected chi connectivity index (χ1v) is 7.17. The predicted octanol–water partition coefficient (Wildman–Crippen LogP) is 4.00. The molecule has 0 atom stereocenters. The number of allylic oxidation sites excluding steroid dienone is 2. The van der Waals surface area contributed by atoms with E-state index in [0.29, 0.717) is 17.9 Å². The van der Waals surface area contributed by atoms with Crippen LogP contribution in [0, 0.1) is 23.1 Å². The molecule has 1 fully saturated rings. The van der Waals surface area contributed by atoms with Gasteiger partial charge in [-0.1, -0.05) is 24.5 Å². The molecule has 2 aliphatic rings. The minimum absolute atomic E-state index is 0.0143. The summed E-state index contributed by atoms with van der Waals surface area (Å²) >= 11 is 0. The van der Waals surface area contributed by atoms with Crippen molar-refractivity contribution in [3.63, 3.8) is 0 Å². The summed E-state index contributed by atoms with van der Waals surface area (Å²) in [6.07, 6.45) is 6.14. The highest BCUT2D eigenvalue weighted by Crippen LogP contribution is 2.42.